The molecule has 0 aromatic heterocycles. The highest BCUT2D eigenvalue weighted by molar-refractivity contribution is 5.95. The molecule has 1 atom stereocenters. The van der Waals surface area contributed by atoms with Gasteiger partial charge in [-0.25, -0.2) is 0 Å². The van der Waals surface area contributed by atoms with Crippen LogP contribution in [0, 0.1) is 0 Å². The van der Waals surface area contributed by atoms with E-state index in [4.69, 9.17) is 0 Å². The molecule has 1 aliphatic heterocycles. The van der Waals surface area contributed by atoms with Crippen LogP contribution >= 0.6 is 0 Å². The second kappa shape index (κ2) is 5.21. The molecule has 0 saturated carbocycles. The van der Waals surface area contributed by atoms with Gasteiger partial charge in [0.05, 0.1) is 0 Å². The Bertz CT molecular complexity index is 473. The standard InChI is InChI=1S/C13H15F3N2O/c1-17-10-6-7-18(12(19)8-13(14,15)16)11-5-3-2-4-9(10)11/h2-5,10,17H,6-8H2,1H3. The summed E-state index contributed by atoms with van der Waals surface area (Å²) in [5.74, 6) is -0.894. The average Bonchev–Trinajstić information content (AvgIpc) is 2.35. The molecule has 19 heavy (non-hydrogen) atoms. The number of benzene rings is 1. The molecule has 0 bridgehead atoms. The van der Waals surface area contributed by atoms with Crippen LogP contribution in [0.25, 0.3) is 0 Å². The molecule has 1 unspecified atom stereocenters. The molecule has 0 radical (unpaired) electrons. The Morgan fingerprint density at radius 3 is 2.74 bits per heavy atom. The molecule has 1 aromatic carbocycles. The van der Waals surface area contributed by atoms with E-state index in [0.717, 1.165) is 5.56 Å². The van der Waals surface area contributed by atoms with Gasteiger partial charge in [-0.3, -0.25) is 4.79 Å². The van der Waals surface area contributed by atoms with Crippen LogP contribution in [0.1, 0.15) is 24.4 Å². The van der Waals surface area contributed by atoms with Crippen molar-refractivity contribution in [2.75, 3.05) is 18.5 Å². The maximum atomic E-state index is 12.3. The molecule has 1 amide bonds. The highest BCUT2D eigenvalue weighted by atomic mass is 19.4. The molecule has 6 heteroatoms. The number of rotatable bonds is 2. The Balaban J connectivity index is 2.27. The quantitative estimate of drug-likeness (QED) is 0.897. The van der Waals surface area contributed by atoms with Crippen molar-refractivity contribution in [3.63, 3.8) is 0 Å². The van der Waals surface area contributed by atoms with Crippen molar-refractivity contribution in [1.82, 2.24) is 5.32 Å². The summed E-state index contributed by atoms with van der Waals surface area (Å²) in [7, 11) is 1.80. The van der Waals surface area contributed by atoms with E-state index >= 15 is 0 Å². The van der Waals surface area contributed by atoms with Gasteiger partial charge in [-0.05, 0) is 25.1 Å². The Morgan fingerprint density at radius 2 is 2.11 bits per heavy atom. The first kappa shape index (κ1) is 13.9. The van der Waals surface area contributed by atoms with Crippen LogP contribution in [0.3, 0.4) is 0 Å². The number of anilines is 1. The number of alkyl halides is 3. The molecule has 104 valence electrons. The van der Waals surface area contributed by atoms with Crippen molar-refractivity contribution in [1.29, 1.82) is 0 Å². The van der Waals surface area contributed by atoms with Crippen LogP contribution in [0.2, 0.25) is 0 Å². The van der Waals surface area contributed by atoms with Gasteiger partial charge in [-0.1, -0.05) is 18.2 Å². The predicted octanol–water partition coefficient (Wildman–Crippen LogP) is 2.64. The minimum Gasteiger partial charge on any atom is -0.313 e. The maximum Gasteiger partial charge on any atom is 0.397 e. The zero-order valence-corrected chi connectivity index (χ0v) is 10.5. The number of halogens is 3. The largest absolute Gasteiger partial charge is 0.397 e. The van der Waals surface area contributed by atoms with Crippen molar-refractivity contribution in [2.24, 2.45) is 0 Å². The number of carbonyl (C=O) groups is 1. The van der Waals surface area contributed by atoms with Crippen molar-refractivity contribution in [2.45, 2.75) is 25.1 Å². The highest BCUT2D eigenvalue weighted by Gasteiger charge is 2.36. The Morgan fingerprint density at radius 1 is 1.42 bits per heavy atom. The summed E-state index contributed by atoms with van der Waals surface area (Å²) in [4.78, 5) is 13.0. The smallest absolute Gasteiger partial charge is 0.313 e. The Hall–Kier alpha value is -1.56. The minimum atomic E-state index is -4.47. The number of hydrogen-bond acceptors (Lipinski definition) is 2. The maximum absolute atomic E-state index is 12.3. The van der Waals surface area contributed by atoms with Crippen molar-refractivity contribution < 1.29 is 18.0 Å². The molecule has 3 nitrogen and oxygen atoms in total. The van der Waals surface area contributed by atoms with E-state index in [1.54, 1.807) is 19.2 Å². The Labute approximate surface area is 109 Å². The number of amides is 1. The van der Waals surface area contributed by atoms with E-state index < -0.39 is 18.5 Å². The van der Waals surface area contributed by atoms with Crippen LogP contribution < -0.4 is 10.2 Å². The van der Waals surface area contributed by atoms with Gasteiger partial charge in [0.15, 0.2) is 0 Å². The Kier molecular flexibility index (Phi) is 3.80. The van der Waals surface area contributed by atoms with Gasteiger partial charge in [-0.2, -0.15) is 13.2 Å². The van der Waals surface area contributed by atoms with Crippen LogP contribution in [0.15, 0.2) is 24.3 Å². The van der Waals surface area contributed by atoms with Gasteiger partial charge in [0.1, 0.15) is 6.42 Å². The second-order valence-electron chi connectivity index (χ2n) is 4.53. The van der Waals surface area contributed by atoms with Crippen LogP contribution in [0.5, 0.6) is 0 Å². The molecular weight excluding hydrogens is 257 g/mol. The summed E-state index contributed by atoms with van der Waals surface area (Å²) >= 11 is 0. The average molecular weight is 272 g/mol. The molecule has 1 aliphatic rings. The van der Waals surface area contributed by atoms with E-state index in [2.05, 4.69) is 5.32 Å². The van der Waals surface area contributed by atoms with Gasteiger partial charge < -0.3 is 10.2 Å². The topological polar surface area (TPSA) is 32.3 Å². The fourth-order valence-corrected chi connectivity index (χ4v) is 2.39. The summed E-state index contributed by atoms with van der Waals surface area (Å²) in [6.45, 7) is 0.303. The summed E-state index contributed by atoms with van der Waals surface area (Å²) in [6, 6.07) is 7.15. The number of nitrogens with one attached hydrogen (secondary N) is 1. The molecular formula is C13H15F3N2O. The number of nitrogens with zero attached hydrogens (tertiary/aromatic N) is 1. The van der Waals surface area contributed by atoms with Crippen molar-refractivity contribution in [3.05, 3.63) is 29.8 Å². The molecule has 0 fully saturated rings. The first-order chi connectivity index (χ1) is 8.92. The van der Waals surface area contributed by atoms with Crippen molar-refractivity contribution in [3.8, 4) is 0 Å². The third kappa shape index (κ3) is 3.07. The molecule has 2 rings (SSSR count). The van der Waals surface area contributed by atoms with Crippen molar-refractivity contribution >= 4 is 11.6 Å². The first-order valence-electron chi connectivity index (χ1n) is 6.05. The number of fused-ring (bicyclic) bond motifs is 1. The summed E-state index contributed by atoms with van der Waals surface area (Å²) in [5.41, 5.74) is 1.44. The zero-order chi connectivity index (χ0) is 14.0. The highest BCUT2D eigenvalue weighted by Crippen LogP contribution is 2.34. The molecule has 0 saturated heterocycles. The molecule has 1 N–H and O–H groups in total. The van der Waals surface area contributed by atoms with Crippen LogP contribution in [-0.2, 0) is 4.79 Å². The van der Waals surface area contributed by atoms with E-state index in [1.807, 2.05) is 12.1 Å². The third-order valence-electron chi connectivity index (χ3n) is 3.25. The van der Waals surface area contributed by atoms with Gasteiger partial charge in [0.25, 0.3) is 0 Å². The molecule has 1 aromatic rings. The number of para-hydroxylation sites is 1. The molecule has 0 spiro atoms. The van der Waals surface area contributed by atoms with Crippen LogP contribution in [-0.4, -0.2) is 25.7 Å². The predicted molar refractivity (Wildman–Crippen MR) is 65.9 cm³/mol. The summed E-state index contributed by atoms with van der Waals surface area (Å²) < 4.78 is 37.0. The fourth-order valence-electron chi connectivity index (χ4n) is 2.39. The molecule has 1 heterocycles. The van der Waals surface area contributed by atoms with Gasteiger partial charge >= 0.3 is 6.18 Å². The van der Waals surface area contributed by atoms with Gasteiger partial charge in [0.2, 0.25) is 5.91 Å². The van der Waals surface area contributed by atoms with Gasteiger partial charge in [0, 0.05) is 18.3 Å². The van der Waals surface area contributed by atoms with E-state index in [-0.39, 0.29) is 6.04 Å². The summed E-state index contributed by atoms with van der Waals surface area (Å²) in [6.07, 6.45) is -5.27. The second-order valence-corrected chi connectivity index (χ2v) is 4.53. The monoisotopic (exact) mass is 272 g/mol. The lowest BCUT2D eigenvalue weighted by Gasteiger charge is -2.34. The van der Waals surface area contributed by atoms with Gasteiger partial charge in [-0.15, -0.1) is 0 Å². The van der Waals surface area contributed by atoms with E-state index in [1.165, 1.54) is 4.90 Å². The number of carbonyl (C=O) groups excluding carboxylic acids is 1. The molecule has 0 aliphatic carbocycles. The minimum absolute atomic E-state index is 0.0751. The lowest BCUT2D eigenvalue weighted by Crippen LogP contribution is -2.40. The third-order valence-corrected chi connectivity index (χ3v) is 3.25. The van der Waals surface area contributed by atoms with E-state index in [9.17, 15) is 18.0 Å². The fraction of sp³-hybridized carbons (Fsp3) is 0.462. The first-order valence-corrected chi connectivity index (χ1v) is 6.05. The lowest BCUT2D eigenvalue weighted by molar-refractivity contribution is -0.151. The summed E-state index contributed by atoms with van der Waals surface area (Å²) in [5, 5.41) is 3.11. The SMILES string of the molecule is CNC1CCN(C(=O)CC(F)(F)F)c2ccccc21. The normalized spacial score (nSPS) is 19.2. The number of hydrogen-bond donors (Lipinski definition) is 1. The van der Waals surface area contributed by atoms with E-state index in [0.29, 0.717) is 18.7 Å². The van der Waals surface area contributed by atoms with Crippen LogP contribution in [0.4, 0.5) is 18.9 Å². The lowest BCUT2D eigenvalue weighted by atomic mass is 9.96. The zero-order valence-electron chi connectivity index (χ0n) is 10.5.